The standard InChI is InChI=1S/C14H19ClN4O4/c1-8(22-4)6-7-11(10(3)23-5)17-13-12(19(20)21)9(2)16-14(15)18-13/h11H,1,3,6-7H2,2,4-5H3,(H,16,17,18). The van der Waals surface area contributed by atoms with Crippen molar-refractivity contribution in [3.8, 4) is 0 Å². The first-order valence-corrected chi connectivity index (χ1v) is 7.07. The van der Waals surface area contributed by atoms with E-state index in [1.165, 1.54) is 21.1 Å². The van der Waals surface area contributed by atoms with Gasteiger partial charge in [-0.1, -0.05) is 13.2 Å². The molecule has 0 bridgehead atoms. The van der Waals surface area contributed by atoms with E-state index in [9.17, 15) is 10.1 Å². The Hall–Kier alpha value is -2.35. The second-order valence-electron chi connectivity index (χ2n) is 4.68. The zero-order valence-electron chi connectivity index (χ0n) is 13.3. The maximum absolute atomic E-state index is 11.2. The summed E-state index contributed by atoms with van der Waals surface area (Å²) in [6.07, 6.45) is 1.01. The highest BCUT2D eigenvalue weighted by Crippen LogP contribution is 2.28. The summed E-state index contributed by atoms with van der Waals surface area (Å²) in [4.78, 5) is 18.4. The molecule has 9 heteroatoms. The molecule has 0 aliphatic rings. The highest BCUT2D eigenvalue weighted by molar-refractivity contribution is 6.28. The number of aryl methyl sites for hydroxylation is 1. The van der Waals surface area contributed by atoms with Crippen LogP contribution in [0.15, 0.2) is 24.7 Å². The van der Waals surface area contributed by atoms with Crippen molar-refractivity contribution in [2.24, 2.45) is 0 Å². The molecule has 1 aromatic rings. The molecule has 0 aliphatic carbocycles. The zero-order chi connectivity index (χ0) is 17.6. The SMILES string of the molecule is C=C(CCC(Nc1nc(Cl)nc(C)c1[N+](=O)[O-])C(=C)OC)OC. The van der Waals surface area contributed by atoms with Crippen LogP contribution in [0, 0.1) is 17.0 Å². The summed E-state index contributed by atoms with van der Waals surface area (Å²) in [6.45, 7) is 9.02. The summed E-state index contributed by atoms with van der Waals surface area (Å²) in [7, 11) is 2.99. The van der Waals surface area contributed by atoms with Gasteiger partial charge in [-0.3, -0.25) is 10.1 Å². The molecular weight excluding hydrogens is 324 g/mol. The van der Waals surface area contributed by atoms with Crippen molar-refractivity contribution < 1.29 is 14.4 Å². The highest BCUT2D eigenvalue weighted by Gasteiger charge is 2.25. The Kier molecular flexibility index (Phi) is 6.77. The molecule has 126 valence electrons. The fraction of sp³-hybridized carbons (Fsp3) is 0.429. The average molecular weight is 343 g/mol. The molecule has 8 nitrogen and oxygen atoms in total. The topological polar surface area (TPSA) is 99.4 Å². The van der Waals surface area contributed by atoms with Gasteiger partial charge in [0.1, 0.15) is 11.5 Å². The lowest BCUT2D eigenvalue weighted by Crippen LogP contribution is -2.24. The van der Waals surface area contributed by atoms with E-state index in [2.05, 4.69) is 28.4 Å². The molecule has 1 atom stereocenters. The number of aromatic nitrogens is 2. The summed E-state index contributed by atoms with van der Waals surface area (Å²) in [5.74, 6) is 0.987. The molecule has 0 aliphatic heterocycles. The monoisotopic (exact) mass is 342 g/mol. The number of hydrogen-bond acceptors (Lipinski definition) is 7. The predicted molar refractivity (Wildman–Crippen MR) is 87.4 cm³/mol. The Morgan fingerprint density at radius 3 is 2.57 bits per heavy atom. The van der Waals surface area contributed by atoms with Crippen molar-refractivity contribution in [3.05, 3.63) is 45.8 Å². The van der Waals surface area contributed by atoms with Gasteiger partial charge in [0.2, 0.25) is 11.1 Å². The number of nitro groups is 1. The number of ether oxygens (including phenoxy) is 2. The van der Waals surface area contributed by atoms with E-state index in [1.54, 1.807) is 0 Å². The maximum Gasteiger partial charge on any atom is 0.332 e. The van der Waals surface area contributed by atoms with Gasteiger partial charge in [0, 0.05) is 6.42 Å². The molecular formula is C14H19ClN4O4. The normalized spacial score (nSPS) is 11.5. The first kappa shape index (κ1) is 18.7. The third-order valence-corrected chi connectivity index (χ3v) is 3.34. The van der Waals surface area contributed by atoms with E-state index in [4.69, 9.17) is 21.1 Å². The number of methoxy groups -OCH3 is 2. The molecule has 23 heavy (non-hydrogen) atoms. The van der Waals surface area contributed by atoms with E-state index in [-0.39, 0.29) is 22.5 Å². The quantitative estimate of drug-likeness (QED) is 0.318. The molecule has 0 amide bonds. The number of halogens is 1. The minimum absolute atomic E-state index is 0.0127. The number of nitrogens with zero attached hydrogens (tertiary/aromatic N) is 3. The van der Waals surface area contributed by atoms with Crippen LogP contribution < -0.4 is 5.32 Å². The minimum atomic E-state index is -0.561. The molecule has 1 rings (SSSR count). The van der Waals surface area contributed by atoms with Crippen LogP contribution in [0.1, 0.15) is 18.5 Å². The van der Waals surface area contributed by atoms with Gasteiger partial charge in [0.15, 0.2) is 0 Å². The van der Waals surface area contributed by atoms with Crippen LogP contribution in [-0.2, 0) is 9.47 Å². The van der Waals surface area contributed by atoms with Gasteiger partial charge in [0.05, 0.1) is 30.9 Å². The van der Waals surface area contributed by atoms with Crippen molar-refractivity contribution in [1.82, 2.24) is 9.97 Å². The Morgan fingerprint density at radius 2 is 2.04 bits per heavy atom. The molecule has 1 aromatic heterocycles. The lowest BCUT2D eigenvalue weighted by atomic mass is 10.1. The fourth-order valence-electron chi connectivity index (χ4n) is 1.88. The molecule has 0 saturated heterocycles. The van der Waals surface area contributed by atoms with Crippen molar-refractivity contribution in [2.75, 3.05) is 19.5 Å². The number of nitrogens with one attached hydrogen (secondary N) is 1. The third kappa shape index (κ3) is 5.10. The summed E-state index contributed by atoms with van der Waals surface area (Å²) in [6, 6.07) is -0.434. The maximum atomic E-state index is 11.2. The van der Waals surface area contributed by atoms with E-state index >= 15 is 0 Å². The Morgan fingerprint density at radius 1 is 1.39 bits per heavy atom. The zero-order valence-corrected chi connectivity index (χ0v) is 14.0. The van der Waals surface area contributed by atoms with E-state index in [0.717, 1.165) is 0 Å². The second kappa shape index (κ2) is 8.33. The molecule has 0 aromatic carbocycles. The van der Waals surface area contributed by atoms with Crippen LogP contribution in [-0.4, -0.2) is 35.2 Å². The summed E-state index contributed by atoms with van der Waals surface area (Å²) in [5, 5.41) is 14.1. The largest absolute Gasteiger partial charge is 0.502 e. The summed E-state index contributed by atoms with van der Waals surface area (Å²) < 4.78 is 10.2. The molecule has 0 spiro atoms. The van der Waals surface area contributed by atoms with Crippen LogP contribution in [0.25, 0.3) is 0 Å². The summed E-state index contributed by atoms with van der Waals surface area (Å²) in [5.41, 5.74) is -0.0746. The number of hydrogen-bond donors (Lipinski definition) is 1. The summed E-state index contributed by atoms with van der Waals surface area (Å²) >= 11 is 5.80. The van der Waals surface area contributed by atoms with E-state index < -0.39 is 11.0 Å². The van der Waals surface area contributed by atoms with Gasteiger partial charge in [-0.15, -0.1) is 0 Å². The van der Waals surface area contributed by atoms with Crippen LogP contribution in [0.5, 0.6) is 0 Å². The van der Waals surface area contributed by atoms with Crippen molar-refractivity contribution in [3.63, 3.8) is 0 Å². The van der Waals surface area contributed by atoms with E-state index in [0.29, 0.717) is 24.4 Å². The highest BCUT2D eigenvalue weighted by atomic mass is 35.5. The number of rotatable bonds is 9. The lowest BCUT2D eigenvalue weighted by molar-refractivity contribution is -0.385. The third-order valence-electron chi connectivity index (χ3n) is 3.18. The molecule has 1 heterocycles. The van der Waals surface area contributed by atoms with Crippen molar-refractivity contribution in [2.45, 2.75) is 25.8 Å². The van der Waals surface area contributed by atoms with Gasteiger partial charge in [-0.05, 0) is 24.9 Å². The van der Waals surface area contributed by atoms with Gasteiger partial charge in [-0.2, -0.15) is 4.98 Å². The second-order valence-corrected chi connectivity index (χ2v) is 5.02. The van der Waals surface area contributed by atoms with E-state index in [1.807, 2.05) is 0 Å². The molecule has 0 saturated carbocycles. The van der Waals surface area contributed by atoms with Crippen molar-refractivity contribution in [1.29, 1.82) is 0 Å². The lowest BCUT2D eigenvalue weighted by Gasteiger charge is -2.21. The van der Waals surface area contributed by atoms with Gasteiger partial charge < -0.3 is 14.8 Å². The predicted octanol–water partition coefficient (Wildman–Crippen LogP) is 3.23. The van der Waals surface area contributed by atoms with Crippen LogP contribution in [0.3, 0.4) is 0 Å². The van der Waals surface area contributed by atoms with Crippen LogP contribution in [0.4, 0.5) is 11.5 Å². The Labute approximate surface area is 139 Å². The van der Waals surface area contributed by atoms with Gasteiger partial charge >= 0.3 is 5.69 Å². The number of anilines is 1. The fourth-order valence-corrected chi connectivity index (χ4v) is 2.09. The Bertz CT molecular complexity index is 621. The first-order chi connectivity index (χ1) is 10.8. The minimum Gasteiger partial charge on any atom is -0.502 e. The molecule has 0 radical (unpaired) electrons. The number of allylic oxidation sites excluding steroid dienone is 1. The van der Waals surface area contributed by atoms with Gasteiger partial charge in [0.25, 0.3) is 0 Å². The smallest absolute Gasteiger partial charge is 0.332 e. The van der Waals surface area contributed by atoms with Gasteiger partial charge in [-0.25, -0.2) is 4.98 Å². The molecule has 0 fully saturated rings. The Balaban J connectivity index is 3.10. The molecule has 1 N–H and O–H groups in total. The van der Waals surface area contributed by atoms with Crippen molar-refractivity contribution >= 4 is 23.1 Å². The average Bonchev–Trinajstić information content (AvgIpc) is 2.48. The van der Waals surface area contributed by atoms with Crippen LogP contribution >= 0.6 is 11.6 Å². The first-order valence-electron chi connectivity index (χ1n) is 6.69. The molecule has 1 unspecified atom stereocenters. The van der Waals surface area contributed by atoms with Crippen LogP contribution in [0.2, 0.25) is 5.28 Å².